The standard InChI is InChI=1S/C24H25F3N4O2/c25-24(26,27)16-6-8-17(9-7-16)29-14-18-10-11-19(15-29)30(18)12-3-13-31-22(32)20-4-1-2-5-21(20)28-23(31)33/h1-2,4-9,18-19H,3,10-15H2,(H,28,33). The minimum Gasteiger partial charge on any atom is -0.368 e. The summed E-state index contributed by atoms with van der Waals surface area (Å²) in [7, 11) is 0. The Labute approximate surface area is 188 Å². The second-order valence-electron chi connectivity index (χ2n) is 8.86. The number of piperazine rings is 1. The molecule has 0 saturated carbocycles. The van der Waals surface area contributed by atoms with Crippen LogP contribution in [0, 0.1) is 0 Å². The molecule has 174 valence electrons. The molecule has 3 heterocycles. The molecular formula is C24H25F3N4O2. The van der Waals surface area contributed by atoms with E-state index in [4.69, 9.17) is 0 Å². The Morgan fingerprint density at radius 3 is 2.24 bits per heavy atom. The van der Waals surface area contributed by atoms with E-state index in [0.717, 1.165) is 50.3 Å². The molecule has 2 saturated heterocycles. The predicted molar refractivity (Wildman–Crippen MR) is 121 cm³/mol. The summed E-state index contributed by atoms with van der Waals surface area (Å²) in [5, 5.41) is 0.502. The Bertz CT molecular complexity index is 1250. The molecule has 2 aliphatic heterocycles. The van der Waals surface area contributed by atoms with Crippen LogP contribution in [0.4, 0.5) is 18.9 Å². The van der Waals surface area contributed by atoms with Crippen LogP contribution in [-0.2, 0) is 12.7 Å². The van der Waals surface area contributed by atoms with E-state index in [0.29, 0.717) is 36.0 Å². The summed E-state index contributed by atoms with van der Waals surface area (Å²) in [5.74, 6) is 0. The molecule has 2 fully saturated rings. The Morgan fingerprint density at radius 2 is 1.58 bits per heavy atom. The second kappa shape index (κ2) is 8.37. The highest BCUT2D eigenvalue weighted by Crippen LogP contribution is 2.34. The highest BCUT2D eigenvalue weighted by Gasteiger charge is 2.39. The Hall–Kier alpha value is -3.07. The summed E-state index contributed by atoms with van der Waals surface area (Å²) in [5.41, 5.74) is 0.0556. The molecular weight excluding hydrogens is 433 g/mol. The van der Waals surface area contributed by atoms with Gasteiger partial charge in [-0.3, -0.25) is 14.3 Å². The minimum absolute atomic E-state index is 0.274. The van der Waals surface area contributed by atoms with Crippen LogP contribution in [-0.4, -0.2) is 46.2 Å². The van der Waals surface area contributed by atoms with Crippen LogP contribution in [0.2, 0.25) is 0 Å². The van der Waals surface area contributed by atoms with Gasteiger partial charge in [-0.2, -0.15) is 13.2 Å². The molecule has 2 bridgehead atoms. The van der Waals surface area contributed by atoms with E-state index in [9.17, 15) is 22.8 Å². The van der Waals surface area contributed by atoms with Crippen LogP contribution in [0.15, 0.2) is 58.1 Å². The first-order valence-corrected chi connectivity index (χ1v) is 11.2. The number of fused-ring (bicyclic) bond motifs is 3. The molecule has 2 atom stereocenters. The number of alkyl halides is 3. The highest BCUT2D eigenvalue weighted by molar-refractivity contribution is 5.76. The van der Waals surface area contributed by atoms with Crippen molar-refractivity contribution >= 4 is 16.6 Å². The van der Waals surface area contributed by atoms with E-state index < -0.39 is 17.4 Å². The number of aromatic amines is 1. The third-order valence-corrected chi connectivity index (χ3v) is 6.88. The van der Waals surface area contributed by atoms with Gasteiger partial charge in [-0.1, -0.05) is 12.1 Å². The first-order valence-electron chi connectivity index (χ1n) is 11.2. The number of nitrogens with one attached hydrogen (secondary N) is 1. The lowest BCUT2D eigenvalue weighted by Crippen LogP contribution is -2.54. The number of rotatable bonds is 5. The Balaban J connectivity index is 1.23. The van der Waals surface area contributed by atoms with Crippen molar-refractivity contribution in [1.82, 2.24) is 14.5 Å². The first kappa shape index (κ1) is 21.8. The lowest BCUT2D eigenvalue weighted by Gasteiger charge is -2.42. The van der Waals surface area contributed by atoms with Gasteiger partial charge < -0.3 is 9.88 Å². The van der Waals surface area contributed by atoms with Crippen molar-refractivity contribution in [2.75, 3.05) is 24.5 Å². The average molecular weight is 458 g/mol. The van der Waals surface area contributed by atoms with E-state index in [2.05, 4.69) is 14.8 Å². The van der Waals surface area contributed by atoms with Crippen molar-refractivity contribution in [3.63, 3.8) is 0 Å². The van der Waals surface area contributed by atoms with Crippen LogP contribution in [0.1, 0.15) is 24.8 Å². The minimum atomic E-state index is -4.33. The fourth-order valence-corrected chi connectivity index (χ4v) is 5.24. The van der Waals surface area contributed by atoms with Gasteiger partial charge in [0, 0.05) is 44.0 Å². The van der Waals surface area contributed by atoms with Gasteiger partial charge in [-0.25, -0.2) is 4.79 Å². The Kier molecular flexibility index (Phi) is 5.52. The second-order valence-corrected chi connectivity index (χ2v) is 8.86. The van der Waals surface area contributed by atoms with Gasteiger partial charge in [0.25, 0.3) is 5.56 Å². The van der Waals surface area contributed by atoms with Crippen molar-refractivity contribution in [2.24, 2.45) is 0 Å². The molecule has 0 amide bonds. The number of anilines is 1. The van der Waals surface area contributed by atoms with Crippen LogP contribution in [0.5, 0.6) is 0 Å². The summed E-state index contributed by atoms with van der Waals surface area (Å²) in [4.78, 5) is 32.5. The lowest BCUT2D eigenvalue weighted by atomic mass is 10.1. The van der Waals surface area contributed by atoms with Crippen molar-refractivity contribution in [1.29, 1.82) is 0 Å². The SMILES string of the molecule is O=c1[nH]c2ccccc2c(=O)n1CCCN1C2CCC1CN(c1ccc(C(F)(F)F)cc1)C2. The molecule has 1 aromatic heterocycles. The van der Waals surface area contributed by atoms with Crippen molar-refractivity contribution in [3.8, 4) is 0 Å². The summed E-state index contributed by atoms with van der Waals surface area (Å²) in [6, 6.07) is 13.0. The van der Waals surface area contributed by atoms with Gasteiger partial charge in [0.2, 0.25) is 0 Å². The number of para-hydroxylation sites is 1. The summed E-state index contributed by atoms with van der Waals surface area (Å²) in [6.07, 6.45) is -1.57. The number of halogens is 3. The number of hydrogen-bond donors (Lipinski definition) is 1. The van der Waals surface area contributed by atoms with Gasteiger partial charge in [0.05, 0.1) is 16.5 Å². The molecule has 9 heteroatoms. The number of benzene rings is 2. The maximum atomic E-state index is 12.9. The van der Waals surface area contributed by atoms with Gasteiger partial charge >= 0.3 is 11.9 Å². The van der Waals surface area contributed by atoms with E-state index in [1.54, 1.807) is 36.4 Å². The van der Waals surface area contributed by atoms with Crippen LogP contribution in [0.3, 0.4) is 0 Å². The molecule has 2 aliphatic rings. The number of hydrogen-bond acceptors (Lipinski definition) is 4. The summed E-state index contributed by atoms with van der Waals surface area (Å²) < 4.78 is 39.8. The van der Waals surface area contributed by atoms with Gasteiger partial charge in [-0.05, 0) is 55.7 Å². The van der Waals surface area contributed by atoms with Gasteiger partial charge in [0.1, 0.15) is 0 Å². The molecule has 2 aromatic carbocycles. The van der Waals surface area contributed by atoms with Crippen molar-refractivity contribution in [3.05, 3.63) is 74.9 Å². The van der Waals surface area contributed by atoms with Crippen molar-refractivity contribution in [2.45, 2.75) is 44.1 Å². The van der Waals surface area contributed by atoms with Crippen molar-refractivity contribution < 1.29 is 13.2 Å². The number of H-pyrrole nitrogens is 1. The molecule has 5 rings (SSSR count). The van der Waals surface area contributed by atoms with E-state index in [1.807, 2.05) is 0 Å². The van der Waals surface area contributed by atoms with E-state index in [1.165, 1.54) is 4.57 Å². The van der Waals surface area contributed by atoms with Gasteiger partial charge in [0.15, 0.2) is 0 Å². The molecule has 33 heavy (non-hydrogen) atoms. The van der Waals surface area contributed by atoms with Gasteiger partial charge in [-0.15, -0.1) is 0 Å². The maximum Gasteiger partial charge on any atom is 0.416 e. The van der Waals surface area contributed by atoms with E-state index >= 15 is 0 Å². The predicted octanol–water partition coefficient (Wildman–Crippen LogP) is 3.45. The average Bonchev–Trinajstić information content (AvgIpc) is 3.02. The fourth-order valence-electron chi connectivity index (χ4n) is 5.24. The third-order valence-electron chi connectivity index (χ3n) is 6.88. The zero-order chi connectivity index (χ0) is 23.2. The zero-order valence-electron chi connectivity index (χ0n) is 18.0. The van der Waals surface area contributed by atoms with Crippen LogP contribution < -0.4 is 16.1 Å². The number of aromatic nitrogens is 2. The number of nitrogens with zero attached hydrogens (tertiary/aromatic N) is 3. The summed E-state index contributed by atoms with van der Waals surface area (Å²) >= 11 is 0. The molecule has 2 unspecified atom stereocenters. The molecule has 0 spiro atoms. The summed E-state index contributed by atoms with van der Waals surface area (Å²) in [6.45, 7) is 2.64. The topological polar surface area (TPSA) is 61.3 Å². The van der Waals surface area contributed by atoms with Crippen LogP contribution in [0.25, 0.3) is 10.9 Å². The van der Waals surface area contributed by atoms with Crippen LogP contribution >= 0.6 is 0 Å². The monoisotopic (exact) mass is 458 g/mol. The highest BCUT2D eigenvalue weighted by atomic mass is 19.4. The molecule has 1 N–H and O–H groups in total. The molecule has 0 aliphatic carbocycles. The lowest BCUT2D eigenvalue weighted by molar-refractivity contribution is -0.137. The molecule has 6 nitrogen and oxygen atoms in total. The fraction of sp³-hybridized carbons (Fsp3) is 0.417. The molecule has 0 radical (unpaired) electrons. The normalized spacial score (nSPS) is 21.1. The largest absolute Gasteiger partial charge is 0.416 e. The molecule has 3 aromatic rings. The third kappa shape index (κ3) is 4.17. The zero-order valence-corrected chi connectivity index (χ0v) is 18.0. The first-order chi connectivity index (χ1) is 15.8. The van der Waals surface area contributed by atoms with E-state index in [-0.39, 0.29) is 5.56 Å². The smallest absolute Gasteiger partial charge is 0.368 e. The maximum absolute atomic E-state index is 12.9. The Morgan fingerprint density at radius 1 is 0.909 bits per heavy atom. The quantitative estimate of drug-likeness (QED) is 0.636.